The van der Waals surface area contributed by atoms with Gasteiger partial charge in [-0.3, -0.25) is 4.79 Å². The Morgan fingerprint density at radius 1 is 1.03 bits per heavy atom. The highest BCUT2D eigenvalue weighted by Gasteiger charge is 2.67. The van der Waals surface area contributed by atoms with E-state index in [1.54, 1.807) is 6.92 Å². The van der Waals surface area contributed by atoms with Crippen molar-refractivity contribution in [1.29, 1.82) is 0 Å². The Bertz CT molecular complexity index is 1280. The molecule has 2 aliphatic rings. The molecular formula is C23H23F4N7O. The highest BCUT2D eigenvalue weighted by atomic mass is 19.2. The van der Waals surface area contributed by atoms with Gasteiger partial charge in [0.2, 0.25) is 5.95 Å². The van der Waals surface area contributed by atoms with E-state index < -0.39 is 54.9 Å². The van der Waals surface area contributed by atoms with E-state index in [9.17, 15) is 13.6 Å². The Morgan fingerprint density at radius 2 is 1.66 bits per heavy atom. The van der Waals surface area contributed by atoms with E-state index in [-0.39, 0.29) is 22.9 Å². The van der Waals surface area contributed by atoms with Gasteiger partial charge in [0.05, 0.1) is 49.8 Å². The summed E-state index contributed by atoms with van der Waals surface area (Å²) >= 11 is 0. The normalized spacial score (nSPS) is 24.2. The number of benzene rings is 1. The van der Waals surface area contributed by atoms with E-state index in [4.69, 9.17) is 0 Å². The number of anilines is 1. The van der Waals surface area contributed by atoms with E-state index in [1.165, 1.54) is 49.3 Å². The first-order valence-corrected chi connectivity index (χ1v) is 11.0. The van der Waals surface area contributed by atoms with Gasteiger partial charge in [0.1, 0.15) is 11.4 Å². The maximum absolute atomic E-state index is 16.0. The summed E-state index contributed by atoms with van der Waals surface area (Å²) in [6.07, 6.45) is 2.65. The predicted molar refractivity (Wildman–Crippen MR) is 118 cm³/mol. The minimum absolute atomic E-state index is 0.0317. The Morgan fingerprint density at radius 3 is 2.26 bits per heavy atom. The molecule has 0 N–H and O–H groups in total. The predicted octanol–water partition coefficient (Wildman–Crippen LogP) is 3.10. The molecule has 184 valence electrons. The van der Waals surface area contributed by atoms with Crippen LogP contribution in [0.5, 0.6) is 0 Å². The van der Waals surface area contributed by atoms with Gasteiger partial charge in [-0.2, -0.15) is 10.2 Å². The van der Waals surface area contributed by atoms with Crippen LogP contribution in [0, 0.1) is 12.7 Å². The summed E-state index contributed by atoms with van der Waals surface area (Å²) in [4.78, 5) is 25.0. The molecular weight excluding hydrogens is 466 g/mol. The van der Waals surface area contributed by atoms with Crippen molar-refractivity contribution in [3.05, 3.63) is 59.4 Å². The highest BCUT2D eigenvalue weighted by molar-refractivity contribution is 5.98. The van der Waals surface area contributed by atoms with Crippen LogP contribution in [-0.2, 0) is 5.67 Å². The van der Waals surface area contributed by atoms with E-state index in [2.05, 4.69) is 20.2 Å². The summed E-state index contributed by atoms with van der Waals surface area (Å²) in [5.41, 5.74) is -6.32. The molecule has 0 radical (unpaired) electrons. The van der Waals surface area contributed by atoms with E-state index in [1.807, 2.05) is 0 Å². The largest absolute Gasteiger partial charge is 0.334 e. The van der Waals surface area contributed by atoms with Crippen LogP contribution in [0.4, 0.5) is 23.5 Å². The first kappa shape index (κ1) is 23.2. The fourth-order valence-electron chi connectivity index (χ4n) is 4.67. The van der Waals surface area contributed by atoms with Crippen LogP contribution in [0.1, 0.15) is 35.6 Å². The van der Waals surface area contributed by atoms with Crippen molar-refractivity contribution >= 4 is 11.9 Å². The quantitative estimate of drug-likeness (QED) is 0.524. The van der Waals surface area contributed by atoms with E-state index >= 15 is 8.78 Å². The van der Waals surface area contributed by atoms with Crippen molar-refractivity contribution in [2.75, 3.05) is 31.1 Å². The molecule has 0 unspecified atom stereocenters. The van der Waals surface area contributed by atoms with Gasteiger partial charge in [-0.25, -0.2) is 27.5 Å². The molecule has 4 heterocycles. The van der Waals surface area contributed by atoms with Crippen molar-refractivity contribution in [3.8, 4) is 5.69 Å². The molecule has 2 aromatic heterocycles. The summed E-state index contributed by atoms with van der Waals surface area (Å²) in [7, 11) is 0. The van der Waals surface area contributed by atoms with Crippen LogP contribution < -0.4 is 4.90 Å². The maximum atomic E-state index is 16.0. The standard InChI is InChI=1S/C23H23F4N7O/c1-14-9-17(21(2,3)25)31-20(30-14)33-12-22(26)10-32(11-23(22,27)13-33)19(35)15-5-4-6-16(24)18(15)34-28-7-8-29-34/h4-9H,10-13H2,1-3H3/t22-,23+. The molecule has 1 amide bonds. The van der Waals surface area contributed by atoms with Crippen LogP contribution in [0.15, 0.2) is 36.7 Å². The minimum Gasteiger partial charge on any atom is -0.334 e. The Labute approximate surface area is 198 Å². The van der Waals surface area contributed by atoms with Crippen molar-refractivity contribution in [1.82, 2.24) is 29.9 Å². The SMILES string of the molecule is Cc1cc(C(C)(C)F)nc(N2C[C@]3(F)CN(C(=O)c4cccc(F)c4-n4nccn4)C[C@]3(F)C2)n1. The lowest BCUT2D eigenvalue weighted by molar-refractivity contribution is 0.0491. The molecule has 1 aromatic carbocycles. The smallest absolute Gasteiger partial charge is 0.256 e. The number of aryl methyl sites for hydroxylation is 1. The number of likely N-dealkylation sites (tertiary alicyclic amines) is 1. The number of rotatable bonds is 4. The molecule has 2 saturated heterocycles. The Balaban J connectivity index is 1.41. The van der Waals surface area contributed by atoms with Gasteiger partial charge in [-0.15, -0.1) is 4.80 Å². The van der Waals surface area contributed by atoms with Crippen LogP contribution in [0.25, 0.3) is 5.69 Å². The second-order valence-electron chi connectivity index (χ2n) is 9.57. The molecule has 2 fully saturated rings. The van der Waals surface area contributed by atoms with Gasteiger partial charge in [-0.1, -0.05) is 6.07 Å². The first-order chi connectivity index (χ1) is 16.4. The number of carbonyl (C=O) groups is 1. The third-order valence-corrected chi connectivity index (χ3v) is 6.43. The van der Waals surface area contributed by atoms with Gasteiger partial charge in [0.15, 0.2) is 17.2 Å². The summed E-state index contributed by atoms with van der Waals surface area (Å²) in [6.45, 7) is 2.41. The number of hydrogen-bond acceptors (Lipinski definition) is 6. The minimum atomic E-state index is -2.42. The number of nitrogens with zero attached hydrogens (tertiary/aromatic N) is 7. The van der Waals surface area contributed by atoms with Gasteiger partial charge < -0.3 is 9.80 Å². The lowest BCUT2D eigenvalue weighted by Crippen LogP contribution is -2.44. The van der Waals surface area contributed by atoms with Crippen LogP contribution in [-0.4, -0.2) is 73.3 Å². The summed E-state index contributed by atoms with van der Waals surface area (Å²) in [5, 5.41) is 7.75. The fourth-order valence-corrected chi connectivity index (χ4v) is 4.67. The molecule has 8 nitrogen and oxygen atoms in total. The third kappa shape index (κ3) is 3.80. The van der Waals surface area contributed by atoms with Crippen molar-refractivity contribution in [2.24, 2.45) is 0 Å². The van der Waals surface area contributed by atoms with Crippen molar-refractivity contribution < 1.29 is 22.4 Å². The average Bonchev–Trinajstić information content (AvgIpc) is 3.44. The van der Waals surface area contributed by atoms with Gasteiger partial charge in [0.25, 0.3) is 5.91 Å². The Hall–Kier alpha value is -3.57. The number of aromatic nitrogens is 5. The highest BCUT2D eigenvalue weighted by Crippen LogP contribution is 2.46. The number of hydrogen-bond donors (Lipinski definition) is 0. The summed E-state index contributed by atoms with van der Waals surface area (Å²) < 4.78 is 61.0. The maximum Gasteiger partial charge on any atom is 0.256 e. The average molecular weight is 489 g/mol. The van der Waals surface area contributed by atoms with Gasteiger partial charge in [0, 0.05) is 5.69 Å². The molecule has 0 aliphatic carbocycles. The zero-order valence-corrected chi connectivity index (χ0v) is 19.3. The molecule has 0 bridgehead atoms. The zero-order valence-electron chi connectivity index (χ0n) is 19.3. The van der Waals surface area contributed by atoms with Crippen molar-refractivity contribution in [3.63, 3.8) is 0 Å². The summed E-state index contributed by atoms with van der Waals surface area (Å²) in [5.74, 6) is -1.45. The summed E-state index contributed by atoms with van der Waals surface area (Å²) in [6, 6.07) is 5.33. The van der Waals surface area contributed by atoms with Gasteiger partial charge >= 0.3 is 0 Å². The molecule has 0 saturated carbocycles. The Kier molecular flexibility index (Phi) is 5.11. The van der Waals surface area contributed by atoms with Crippen LogP contribution in [0.2, 0.25) is 0 Å². The number of para-hydroxylation sites is 1. The first-order valence-electron chi connectivity index (χ1n) is 11.0. The monoisotopic (exact) mass is 489 g/mol. The van der Waals surface area contributed by atoms with Crippen molar-refractivity contribution in [2.45, 2.75) is 37.8 Å². The second kappa shape index (κ2) is 7.72. The molecule has 0 spiro atoms. The second-order valence-corrected chi connectivity index (χ2v) is 9.57. The lowest BCUT2D eigenvalue weighted by atomic mass is 9.94. The fraction of sp³-hybridized carbons (Fsp3) is 0.435. The molecule has 2 atom stereocenters. The number of amides is 1. The number of carbonyl (C=O) groups excluding carboxylic acids is 1. The van der Waals surface area contributed by atoms with E-state index in [0.717, 1.165) is 15.8 Å². The van der Waals surface area contributed by atoms with Crippen LogP contribution >= 0.6 is 0 Å². The number of halogens is 4. The molecule has 2 aliphatic heterocycles. The topological polar surface area (TPSA) is 80.0 Å². The van der Waals surface area contributed by atoms with E-state index in [0.29, 0.717) is 5.69 Å². The number of alkyl halides is 3. The molecule has 35 heavy (non-hydrogen) atoms. The molecule has 12 heteroatoms. The number of fused-ring (bicyclic) bond motifs is 1. The van der Waals surface area contributed by atoms with Gasteiger partial charge in [-0.05, 0) is 39.0 Å². The molecule has 3 aromatic rings. The lowest BCUT2D eigenvalue weighted by Gasteiger charge is -2.24. The third-order valence-electron chi connectivity index (χ3n) is 6.43. The van der Waals surface area contributed by atoms with Crippen LogP contribution in [0.3, 0.4) is 0 Å². The molecule has 5 rings (SSSR count). The zero-order chi connectivity index (χ0) is 25.2.